The van der Waals surface area contributed by atoms with E-state index in [9.17, 15) is 4.79 Å². The Hall–Kier alpha value is -2.34. The molecular weight excluding hydrogens is 314 g/mol. The highest BCUT2D eigenvalue weighted by molar-refractivity contribution is 5.97. The van der Waals surface area contributed by atoms with Gasteiger partial charge in [-0.25, -0.2) is 4.99 Å². The van der Waals surface area contributed by atoms with Gasteiger partial charge in [-0.3, -0.25) is 4.79 Å². The smallest absolute Gasteiger partial charge is 0.160 e. The first-order valence-electron chi connectivity index (χ1n) is 8.60. The molecule has 0 radical (unpaired) electrons. The molecule has 0 aliphatic heterocycles. The third kappa shape index (κ3) is 6.23. The van der Waals surface area contributed by atoms with Gasteiger partial charge in [-0.05, 0) is 39.3 Å². The van der Waals surface area contributed by atoms with Crippen molar-refractivity contribution in [3.8, 4) is 0 Å². The van der Waals surface area contributed by atoms with Crippen molar-refractivity contribution in [3.63, 3.8) is 0 Å². The van der Waals surface area contributed by atoms with Gasteiger partial charge in [0, 0.05) is 28.1 Å². The number of Topliss-reactive ketones (excluding diaryl/α,β-unsaturated/α-hetero) is 1. The molecule has 0 aliphatic rings. The van der Waals surface area contributed by atoms with Gasteiger partial charge in [0.2, 0.25) is 0 Å². The molecule has 0 aliphatic carbocycles. The number of carbonyl (C=O) groups is 1. The standard InChI is InChI=1S/C19H31N5O/c1-5-6-10-19(4,22)18-15(14(3)25)8-7-9-16(18)23-12-24-17(21)11-13(2)20/h7-9,11,23H,5-6,10,12,20,22H2,1-4H3,(H2,21,24)/b13-11-. The van der Waals surface area contributed by atoms with Crippen LogP contribution < -0.4 is 22.5 Å². The third-order valence-corrected chi connectivity index (χ3v) is 3.97. The molecule has 1 unspecified atom stereocenters. The predicted molar refractivity (Wildman–Crippen MR) is 106 cm³/mol. The van der Waals surface area contributed by atoms with E-state index < -0.39 is 5.54 Å². The highest BCUT2D eigenvalue weighted by Crippen LogP contribution is 2.33. The van der Waals surface area contributed by atoms with Gasteiger partial charge in [0.25, 0.3) is 0 Å². The van der Waals surface area contributed by atoms with E-state index >= 15 is 0 Å². The number of benzene rings is 1. The van der Waals surface area contributed by atoms with Crippen LogP contribution >= 0.6 is 0 Å². The molecule has 0 saturated heterocycles. The molecule has 138 valence electrons. The number of hydrogen-bond acceptors (Lipinski definition) is 5. The van der Waals surface area contributed by atoms with Crippen LogP contribution in [0, 0.1) is 0 Å². The van der Waals surface area contributed by atoms with Crippen LogP contribution in [0.3, 0.4) is 0 Å². The fourth-order valence-electron chi connectivity index (χ4n) is 2.77. The Bertz CT molecular complexity index is 658. The zero-order chi connectivity index (χ0) is 19.0. The summed E-state index contributed by atoms with van der Waals surface area (Å²) in [6.07, 6.45) is 4.43. The maximum absolute atomic E-state index is 12.1. The number of unbranched alkanes of at least 4 members (excludes halogenated alkanes) is 1. The lowest BCUT2D eigenvalue weighted by Gasteiger charge is -2.30. The third-order valence-electron chi connectivity index (χ3n) is 3.97. The highest BCUT2D eigenvalue weighted by Gasteiger charge is 2.28. The van der Waals surface area contributed by atoms with Gasteiger partial charge in [0.15, 0.2) is 5.78 Å². The van der Waals surface area contributed by atoms with E-state index in [0.717, 1.165) is 30.5 Å². The van der Waals surface area contributed by atoms with Gasteiger partial charge in [0.05, 0.1) is 0 Å². The molecule has 0 spiro atoms. The lowest BCUT2D eigenvalue weighted by Crippen LogP contribution is -2.35. The summed E-state index contributed by atoms with van der Waals surface area (Å²) in [5, 5.41) is 3.23. The van der Waals surface area contributed by atoms with E-state index in [0.29, 0.717) is 17.1 Å². The molecule has 0 heterocycles. The zero-order valence-electron chi connectivity index (χ0n) is 15.7. The van der Waals surface area contributed by atoms with Crippen molar-refractivity contribution in [2.75, 3.05) is 12.0 Å². The second-order valence-electron chi connectivity index (χ2n) is 6.61. The summed E-state index contributed by atoms with van der Waals surface area (Å²) in [6, 6.07) is 5.57. The lowest BCUT2D eigenvalue weighted by atomic mass is 9.82. The molecule has 7 N–H and O–H groups in total. The number of allylic oxidation sites excluding steroid dienone is 1. The molecule has 0 aromatic heterocycles. The van der Waals surface area contributed by atoms with Gasteiger partial charge >= 0.3 is 0 Å². The number of aliphatic imine (C=N–C) groups is 1. The van der Waals surface area contributed by atoms with E-state index in [-0.39, 0.29) is 12.5 Å². The number of rotatable bonds is 9. The quantitative estimate of drug-likeness (QED) is 0.312. The number of nitrogens with two attached hydrogens (primary N) is 3. The van der Waals surface area contributed by atoms with Gasteiger partial charge in [-0.2, -0.15) is 0 Å². The number of amidine groups is 1. The van der Waals surface area contributed by atoms with Crippen LogP contribution in [-0.2, 0) is 5.54 Å². The Labute approximate surface area is 150 Å². The fraction of sp³-hybridized carbons (Fsp3) is 0.474. The van der Waals surface area contributed by atoms with Crippen LogP contribution in [0.25, 0.3) is 0 Å². The molecular formula is C19H31N5O. The normalized spacial score (nSPS) is 14.9. The minimum Gasteiger partial charge on any atom is -0.402 e. The zero-order valence-corrected chi connectivity index (χ0v) is 15.7. The van der Waals surface area contributed by atoms with Crippen LogP contribution in [0.15, 0.2) is 35.0 Å². The number of ketones is 1. The number of nitrogens with one attached hydrogen (secondary N) is 1. The van der Waals surface area contributed by atoms with Crippen LogP contribution in [0.1, 0.15) is 62.9 Å². The minimum absolute atomic E-state index is 0.00321. The van der Waals surface area contributed by atoms with Crippen molar-refractivity contribution in [2.45, 2.75) is 52.5 Å². The average Bonchev–Trinajstić information content (AvgIpc) is 2.51. The molecule has 0 bridgehead atoms. The van der Waals surface area contributed by atoms with Crippen molar-refractivity contribution in [1.82, 2.24) is 0 Å². The molecule has 6 heteroatoms. The van der Waals surface area contributed by atoms with E-state index in [1.165, 1.54) is 0 Å². The second-order valence-corrected chi connectivity index (χ2v) is 6.61. The number of anilines is 1. The average molecular weight is 345 g/mol. The van der Waals surface area contributed by atoms with E-state index in [1.54, 1.807) is 19.9 Å². The Morgan fingerprint density at radius 1 is 1.32 bits per heavy atom. The van der Waals surface area contributed by atoms with E-state index in [4.69, 9.17) is 17.2 Å². The lowest BCUT2D eigenvalue weighted by molar-refractivity contribution is 0.101. The Morgan fingerprint density at radius 3 is 2.56 bits per heavy atom. The van der Waals surface area contributed by atoms with Gasteiger partial charge in [-0.15, -0.1) is 0 Å². The second kappa shape index (κ2) is 9.22. The Morgan fingerprint density at radius 2 is 2.00 bits per heavy atom. The van der Waals surface area contributed by atoms with E-state index in [2.05, 4.69) is 17.2 Å². The molecule has 25 heavy (non-hydrogen) atoms. The number of nitrogens with zero attached hydrogens (tertiary/aromatic N) is 1. The summed E-state index contributed by atoms with van der Waals surface area (Å²) in [5.74, 6) is 0.342. The molecule has 1 aromatic carbocycles. The summed E-state index contributed by atoms with van der Waals surface area (Å²) in [6.45, 7) is 7.67. The molecule has 1 aromatic rings. The monoisotopic (exact) mass is 345 g/mol. The number of hydrogen-bond donors (Lipinski definition) is 4. The summed E-state index contributed by atoms with van der Waals surface area (Å²) in [7, 11) is 0. The van der Waals surface area contributed by atoms with Crippen molar-refractivity contribution in [2.24, 2.45) is 22.2 Å². The maximum Gasteiger partial charge on any atom is 0.160 e. The van der Waals surface area contributed by atoms with Crippen molar-refractivity contribution in [1.29, 1.82) is 0 Å². The summed E-state index contributed by atoms with van der Waals surface area (Å²) in [4.78, 5) is 16.3. The molecule has 0 fully saturated rings. The van der Waals surface area contributed by atoms with Gasteiger partial charge in [0.1, 0.15) is 12.5 Å². The van der Waals surface area contributed by atoms with Crippen molar-refractivity contribution < 1.29 is 4.79 Å². The molecule has 0 amide bonds. The Kier molecular flexibility index (Phi) is 7.64. The first kappa shape index (κ1) is 20.7. The predicted octanol–water partition coefficient (Wildman–Crippen LogP) is 2.84. The van der Waals surface area contributed by atoms with Crippen LogP contribution in [0.4, 0.5) is 5.69 Å². The van der Waals surface area contributed by atoms with Crippen LogP contribution in [0.2, 0.25) is 0 Å². The van der Waals surface area contributed by atoms with E-state index in [1.807, 2.05) is 25.1 Å². The largest absolute Gasteiger partial charge is 0.402 e. The molecule has 6 nitrogen and oxygen atoms in total. The Balaban J connectivity index is 3.17. The van der Waals surface area contributed by atoms with Gasteiger partial charge < -0.3 is 22.5 Å². The maximum atomic E-state index is 12.1. The fourth-order valence-corrected chi connectivity index (χ4v) is 2.77. The summed E-state index contributed by atoms with van der Waals surface area (Å²) >= 11 is 0. The topological polar surface area (TPSA) is 120 Å². The summed E-state index contributed by atoms with van der Waals surface area (Å²) in [5.41, 5.74) is 20.2. The first-order valence-corrected chi connectivity index (χ1v) is 8.60. The van der Waals surface area contributed by atoms with Crippen LogP contribution in [-0.4, -0.2) is 18.3 Å². The van der Waals surface area contributed by atoms with Crippen molar-refractivity contribution in [3.05, 3.63) is 41.1 Å². The van der Waals surface area contributed by atoms with Crippen LogP contribution in [0.5, 0.6) is 0 Å². The molecule has 1 rings (SSSR count). The first-order chi connectivity index (χ1) is 11.7. The SMILES string of the molecule is CCCCC(C)(N)c1c(NC/N=C(N)/C=C(/C)N)cccc1C(C)=O. The summed E-state index contributed by atoms with van der Waals surface area (Å²) < 4.78 is 0. The number of carbonyl (C=O) groups excluding carboxylic acids is 1. The molecule has 1 atom stereocenters. The highest BCUT2D eigenvalue weighted by atomic mass is 16.1. The van der Waals surface area contributed by atoms with Gasteiger partial charge in [-0.1, -0.05) is 31.9 Å². The van der Waals surface area contributed by atoms with Crippen molar-refractivity contribution >= 4 is 17.3 Å². The minimum atomic E-state index is -0.608. The molecule has 0 saturated carbocycles.